The second-order valence-corrected chi connectivity index (χ2v) is 6.11. The Hall–Kier alpha value is -1.31. The van der Waals surface area contributed by atoms with Crippen molar-refractivity contribution < 1.29 is 4.79 Å². The van der Waals surface area contributed by atoms with Gasteiger partial charge in [0.15, 0.2) is 5.78 Å². The summed E-state index contributed by atoms with van der Waals surface area (Å²) in [4.78, 5) is 13.7. The Bertz CT molecular complexity index is 419. The summed E-state index contributed by atoms with van der Waals surface area (Å²) in [6.45, 7) is 8.57. The van der Waals surface area contributed by atoms with Crippen molar-refractivity contribution in [1.29, 1.82) is 0 Å². The number of rotatable bonds is 2. The first-order chi connectivity index (χ1) is 8.48. The molecule has 0 spiro atoms. The summed E-state index contributed by atoms with van der Waals surface area (Å²) in [6.07, 6.45) is 3.79. The number of nitrogens with zero attached hydrogens (tertiary/aromatic N) is 1. The van der Waals surface area contributed by atoms with Crippen LogP contribution in [-0.4, -0.2) is 18.9 Å². The van der Waals surface area contributed by atoms with Crippen molar-refractivity contribution in [3.05, 3.63) is 29.8 Å². The summed E-state index contributed by atoms with van der Waals surface area (Å²) >= 11 is 0. The van der Waals surface area contributed by atoms with Gasteiger partial charge in [0.25, 0.3) is 0 Å². The highest BCUT2D eigenvalue weighted by Crippen LogP contribution is 2.31. The molecule has 1 aromatic rings. The Kier molecular flexibility index (Phi) is 3.74. The highest BCUT2D eigenvalue weighted by molar-refractivity contribution is 5.94. The first kappa shape index (κ1) is 13.1. The van der Waals surface area contributed by atoms with Gasteiger partial charge in [0.2, 0.25) is 0 Å². The Labute approximate surface area is 110 Å². The van der Waals surface area contributed by atoms with Crippen LogP contribution in [0, 0.1) is 5.41 Å². The number of Topliss-reactive ketones (excluding diaryl/α,β-unsaturated/α-hetero) is 1. The van der Waals surface area contributed by atoms with Crippen LogP contribution >= 0.6 is 0 Å². The third-order valence-electron chi connectivity index (χ3n) is 3.98. The van der Waals surface area contributed by atoms with Crippen molar-refractivity contribution >= 4 is 11.5 Å². The molecule has 1 aliphatic rings. The fourth-order valence-electron chi connectivity index (χ4n) is 2.59. The molecule has 2 rings (SSSR count). The minimum Gasteiger partial charge on any atom is -0.372 e. The lowest BCUT2D eigenvalue weighted by Gasteiger charge is -2.25. The van der Waals surface area contributed by atoms with Gasteiger partial charge in [0, 0.05) is 24.3 Å². The van der Waals surface area contributed by atoms with E-state index in [1.54, 1.807) is 6.92 Å². The normalized spacial score (nSPS) is 19.4. The van der Waals surface area contributed by atoms with Gasteiger partial charge >= 0.3 is 0 Å². The van der Waals surface area contributed by atoms with Gasteiger partial charge in [-0.3, -0.25) is 4.79 Å². The number of hydrogen-bond donors (Lipinski definition) is 0. The van der Waals surface area contributed by atoms with Crippen LogP contribution in [0.1, 0.15) is 50.4 Å². The van der Waals surface area contributed by atoms with Gasteiger partial charge in [-0.05, 0) is 55.9 Å². The monoisotopic (exact) mass is 245 g/mol. The third kappa shape index (κ3) is 3.12. The van der Waals surface area contributed by atoms with Gasteiger partial charge in [-0.25, -0.2) is 0 Å². The SMILES string of the molecule is CC(=O)c1ccc(N2CCCC(C)(C)CC2)cc1. The van der Waals surface area contributed by atoms with Crippen LogP contribution < -0.4 is 4.90 Å². The summed E-state index contributed by atoms with van der Waals surface area (Å²) in [5, 5.41) is 0. The van der Waals surface area contributed by atoms with E-state index in [-0.39, 0.29) is 5.78 Å². The quantitative estimate of drug-likeness (QED) is 0.736. The zero-order chi connectivity index (χ0) is 13.2. The smallest absolute Gasteiger partial charge is 0.159 e. The first-order valence-electron chi connectivity index (χ1n) is 6.84. The van der Waals surface area contributed by atoms with E-state index in [0.29, 0.717) is 5.41 Å². The molecular formula is C16H23NO. The summed E-state index contributed by atoms with van der Waals surface area (Å²) in [7, 11) is 0. The average molecular weight is 245 g/mol. The Morgan fingerprint density at radius 3 is 2.39 bits per heavy atom. The lowest BCUT2D eigenvalue weighted by Crippen LogP contribution is -2.24. The molecule has 0 bridgehead atoms. The van der Waals surface area contributed by atoms with Crippen LogP contribution in [0.2, 0.25) is 0 Å². The average Bonchev–Trinajstić information content (AvgIpc) is 2.50. The molecule has 0 unspecified atom stereocenters. The van der Waals surface area contributed by atoms with Crippen LogP contribution in [-0.2, 0) is 0 Å². The van der Waals surface area contributed by atoms with E-state index in [2.05, 4.69) is 30.9 Å². The summed E-state index contributed by atoms with van der Waals surface area (Å²) in [6, 6.07) is 8.03. The zero-order valence-corrected chi connectivity index (χ0v) is 11.7. The Morgan fingerprint density at radius 1 is 1.11 bits per heavy atom. The van der Waals surface area contributed by atoms with Crippen LogP contribution in [0.25, 0.3) is 0 Å². The molecule has 0 aromatic heterocycles. The number of carbonyl (C=O) groups is 1. The number of benzene rings is 1. The van der Waals surface area contributed by atoms with Crippen molar-refractivity contribution in [2.75, 3.05) is 18.0 Å². The zero-order valence-electron chi connectivity index (χ0n) is 11.7. The summed E-state index contributed by atoms with van der Waals surface area (Å²) in [5.41, 5.74) is 2.51. The number of hydrogen-bond acceptors (Lipinski definition) is 2. The van der Waals surface area contributed by atoms with E-state index in [1.807, 2.05) is 12.1 Å². The van der Waals surface area contributed by atoms with E-state index in [4.69, 9.17) is 0 Å². The molecule has 1 aliphatic heterocycles. The van der Waals surface area contributed by atoms with E-state index >= 15 is 0 Å². The molecule has 0 radical (unpaired) electrons. The Balaban J connectivity index is 2.09. The number of ketones is 1. The fourth-order valence-corrected chi connectivity index (χ4v) is 2.59. The minimum absolute atomic E-state index is 0.138. The molecule has 0 saturated carbocycles. The third-order valence-corrected chi connectivity index (χ3v) is 3.98. The van der Waals surface area contributed by atoms with E-state index in [1.165, 1.54) is 24.9 Å². The lowest BCUT2D eigenvalue weighted by molar-refractivity contribution is 0.101. The molecule has 0 aliphatic carbocycles. The Morgan fingerprint density at radius 2 is 1.78 bits per heavy atom. The molecule has 18 heavy (non-hydrogen) atoms. The molecule has 2 heteroatoms. The van der Waals surface area contributed by atoms with Gasteiger partial charge in [-0.2, -0.15) is 0 Å². The number of carbonyl (C=O) groups excluding carboxylic acids is 1. The van der Waals surface area contributed by atoms with Crippen molar-refractivity contribution in [1.82, 2.24) is 0 Å². The van der Waals surface area contributed by atoms with Crippen LogP contribution in [0.5, 0.6) is 0 Å². The first-order valence-corrected chi connectivity index (χ1v) is 6.84. The molecule has 0 atom stereocenters. The highest BCUT2D eigenvalue weighted by Gasteiger charge is 2.23. The molecule has 0 N–H and O–H groups in total. The highest BCUT2D eigenvalue weighted by atomic mass is 16.1. The molecule has 1 aromatic carbocycles. The van der Waals surface area contributed by atoms with E-state index in [9.17, 15) is 4.79 Å². The van der Waals surface area contributed by atoms with Gasteiger partial charge in [0.1, 0.15) is 0 Å². The molecule has 1 heterocycles. The van der Waals surface area contributed by atoms with Crippen molar-refractivity contribution in [3.63, 3.8) is 0 Å². The molecule has 0 amide bonds. The van der Waals surface area contributed by atoms with Crippen LogP contribution in [0.4, 0.5) is 5.69 Å². The minimum atomic E-state index is 0.138. The lowest BCUT2D eigenvalue weighted by atomic mass is 9.85. The largest absolute Gasteiger partial charge is 0.372 e. The maximum absolute atomic E-state index is 11.3. The second-order valence-electron chi connectivity index (χ2n) is 6.11. The predicted molar refractivity (Wildman–Crippen MR) is 76.3 cm³/mol. The van der Waals surface area contributed by atoms with Crippen molar-refractivity contribution in [2.24, 2.45) is 5.41 Å². The van der Waals surface area contributed by atoms with E-state index in [0.717, 1.165) is 18.7 Å². The van der Waals surface area contributed by atoms with Gasteiger partial charge in [0.05, 0.1) is 0 Å². The maximum atomic E-state index is 11.3. The van der Waals surface area contributed by atoms with Crippen LogP contribution in [0.3, 0.4) is 0 Å². The topological polar surface area (TPSA) is 20.3 Å². The predicted octanol–water partition coefficient (Wildman–Crippen LogP) is 3.91. The van der Waals surface area contributed by atoms with E-state index < -0.39 is 0 Å². The van der Waals surface area contributed by atoms with Crippen molar-refractivity contribution in [2.45, 2.75) is 40.0 Å². The molecule has 98 valence electrons. The standard InChI is InChI=1S/C16H23NO/c1-13(18)14-5-7-15(8-6-14)17-11-4-9-16(2,3)10-12-17/h5-8H,4,9-12H2,1-3H3. The van der Waals surface area contributed by atoms with Gasteiger partial charge < -0.3 is 4.90 Å². The molecule has 1 saturated heterocycles. The molecule has 1 fully saturated rings. The number of anilines is 1. The summed E-state index contributed by atoms with van der Waals surface area (Å²) < 4.78 is 0. The van der Waals surface area contributed by atoms with Crippen LogP contribution in [0.15, 0.2) is 24.3 Å². The second kappa shape index (κ2) is 5.13. The molecule has 2 nitrogen and oxygen atoms in total. The van der Waals surface area contributed by atoms with Crippen molar-refractivity contribution in [3.8, 4) is 0 Å². The molecular weight excluding hydrogens is 222 g/mol. The summed E-state index contributed by atoms with van der Waals surface area (Å²) in [5.74, 6) is 0.138. The van der Waals surface area contributed by atoms with Gasteiger partial charge in [-0.1, -0.05) is 13.8 Å². The van der Waals surface area contributed by atoms with Gasteiger partial charge in [-0.15, -0.1) is 0 Å². The maximum Gasteiger partial charge on any atom is 0.159 e. The fraction of sp³-hybridized carbons (Fsp3) is 0.562.